The fourth-order valence-corrected chi connectivity index (χ4v) is 0.211. The molecule has 8 heavy (non-hydrogen) atoms. The predicted octanol–water partition coefficient (Wildman–Crippen LogP) is 0.300. The fourth-order valence-electron chi connectivity index (χ4n) is 0.211. The minimum Gasteiger partial charge on any atom is -0.393 e. The summed E-state index contributed by atoms with van der Waals surface area (Å²) >= 11 is 0. The van der Waals surface area contributed by atoms with E-state index in [-0.39, 0.29) is 6.42 Å². The molecule has 0 amide bonds. The lowest BCUT2D eigenvalue weighted by Gasteiger charge is -1.91. The molecule has 0 N–H and O–H groups in total. The van der Waals surface area contributed by atoms with E-state index in [2.05, 4.69) is 11.7 Å². The lowest BCUT2D eigenvalue weighted by atomic mass is 10.5. The summed E-state index contributed by atoms with van der Waals surface area (Å²) in [6.07, 6.45) is -0.000417. The average Bonchev–Trinajstić information content (AvgIpc) is 1.65. The molecule has 0 spiro atoms. The zero-order valence-corrected chi connectivity index (χ0v) is 4.64. The molecule has 0 aromatic heterocycles. The highest BCUT2D eigenvalue weighted by Crippen LogP contribution is 1.82. The molecule has 0 bridgehead atoms. The van der Waals surface area contributed by atoms with E-state index < -0.39 is 11.9 Å². The van der Waals surface area contributed by atoms with Crippen LogP contribution in [-0.2, 0) is 14.3 Å². The minimum atomic E-state index is -0.586. The topological polar surface area (TPSA) is 43.4 Å². The van der Waals surface area contributed by atoms with Crippen molar-refractivity contribution in [1.29, 1.82) is 0 Å². The summed E-state index contributed by atoms with van der Waals surface area (Å²) < 4.78 is 4.06. The van der Waals surface area contributed by atoms with Crippen LogP contribution in [0.1, 0.15) is 13.3 Å². The van der Waals surface area contributed by atoms with Gasteiger partial charge in [-0.3, -0.25) is 9.59 Å². The van der Waals surface area contributed by atoms with Crippen LogP contribution in [0.5, 0.6) is 0 Å². The second kappa shape index (κ2) is 3.18. The standard InChI is InChI=1S/C5H7O3/c1-3-5(7)8-4(2)6/h1,3H2,2H3. The molecule has 0 saturated carbocycles. The summed E-state index contributed by atoms with van der Waals surface area (Å²) in [6, 6.07) is 0. The first kappa shape index (κ1) is 7.14. The third-order valence-electron chi connectivity index (χ3n) is 0.462. The number of carbonyl (C=O) groups is 2. The highest BCUT2D eigenvalue weighted by Gasteiger charge is 1.99. The molecule has 0 unspecified atom stereocenters. The maximum Gasteiger partial charge on any atom is 0.313 e. The Kier molecular flexibility index (Phi) is 2.84. The maximum atomic E-state index is 10.1. The van der Waals surface area contributed by atoms with Crippen LogP contribution in [-0.4, -0.2) is 11.9 Å². The second-order valence-corrected chi connectivity index (χ2v) is 1.22. The largest absolute Gasteiger partial charge is 0.393 e. The number of ether oxygens (including phenoxy) is 1. The maximum absolute atomic E-state index is 10.1. The quantitative estimate of drug-likeness (QED) is 0.364. The van der Waals surface area contributed by atoms with Crippen molar-refractivity contribution in [2.24, 2.45) is 0 Å². The molecule has 0 aliphatic carbocycles. The number of carbonyl (C=O) groups excluding carboxylic acids is 2. The van der Waals surface area contributed by atoms with Crippen molar-refractivity contribution in [3.63, 3.8) is 0 Å². The van der Waals surface area contributed by atoms with Crippen LogP contribution in [0.4, 0.5) is 0 Å². The highest BCUT2D eigenvalue weighted by molar-refractivity contribution is 5.84. The van der Waals surface area contributed by atoms with E-state index in [0.29, 0.717) is 0 Å². The Bertz CT molecular complexity index is 106. The third-order valence-corrected chi connectivity index (χ3v) is 0.462. The van der Waals surface area contributed by atoms with Crippen LogP contribution < -0.4 is 0 Å². The van der Waals surface area contributed by atoms with Gasteiger partial charge in [0.25, 0.3) is 0 Å². The number of esters is 2. The lowest BCUT2D eigenvalue weighted by Crippen LogP contribution is -2.06. The van der Waals surface area contributed by atoms with Gasteiger partial charge in [-0.15, -0.1) is 0 Å². The van der Waals surface area contributed by atoms with E-state index >= 15 is 0 Å². The average molecular weight is 115 g/mol. The number of rotatable bonds is 1. The van der Waals surface area contributed by atoms with Gasteiger partial charge in [0.15, 0.2) is 0 Å². The van der Waals surface area contributed by atoms with Crippen LogP contribution in [0.3, 0.4) is 0 Å². The summed E-state index contributed by atoms with van der Waals surface area (Å²) in [7, 11) is 0. The SMILES string of the molecule is [CH2]CC(=O)OC(C)=O. The zero-order chi connectivity index (χ0) is 6.57. The molecule has 0 rings (SSSR count). The molecule has 3 heteroatoms. The smallest absolute Gasteiger partial charge is 0.313 e. The first-order chi connectivity index (χ1) is 3.66. The van der Waals surface area contributed by atoms with Gasteiger partial charge in [0.2, 0.25) is 0 Å². The normalized spacial score (nSPS) is 8.25. The van der Waals surface area contributed by atoms with E-state index in [1.807, 2.05) is 0 Å². The lowest BCUT2D eigenvalue weighted by molar-refractivity contribution is -0.157. The molecule has 0 saturated heterocycles. The molecule has 0 atom stereocenters. The molecule has 45 valence electrons. The van der Waals surface area contributed by atoms with Gasteiger partial charge in [0.1, 0.15) is 0 Å². The Hall–Kier alpha value is -0.860. The van der Waals surface area contributed by atoms with Crippen molar-refractivity contribution in [2.75, 3.05) is 0 Å². The number of hydrogen-bond donors (Lipinski definition) is 0. The zero-order valence-electron chi connectivity index (χ0n) is 4.64. The van der Waals surface area contributed by atoms with Crippen molar-refractivity contribution >= 4 is 11.9 Å². The van der Waals surface area contributed by atoms with Gasteiger partial charge in [-0.25, -0.2) is 0 Å². The molecule has 0 aliphatic rings. The van der Waals surface area contributed by atoms with Crippen LogP contribution in [0.2, 0.25) is 0 Å². The van der Waals surface area contributed by atoms with E-state index in [0.717, 1.165) is 0 Å². The Morgan fingerprint density at radius 2 is 2.12 bits per heavy atom. The molecule has 0 heterocycles. The first-order valence-corrected chi connectivity index (χ1v) is 2.17. The number of hydrogen-bond acceptors (Lipinski definition) is 3. The van der Waals surface area contributed by atoms with Gasteiger partial charge in [-0.05, 0) is 6.92 Å². The molecule has 1 radical (unpaired) electrons. The van der Waals surface area contributed by atoms with Crippen molar-refractivity contribution in [2.45, 2.75) is 13.3 Å². The van der Waals surface area contributed by atoms with Crippen LogP contribution in [0, 0.1) is 6.92 Å². The van der Waals surface area contributed by atoms with Gasteiger partial charge in [-0.1, -0.05) is 0 Å². The summed E-state index contributed by atoms with van der Waals surface area (Å²) in [5.41, 5.74) is 0. The fraction of sp³-hybridized carbons (Fsp3) is 0.400. The van der Waals surface area contributed by atoms with Gasteiger partial charge < -0.3 is 4.74 Å². The molecule has 0 fully saturated rings. The first-order valence-electron chi connectivity index (χ1n) is 2.17. The van der Waals surface area contributed by atoms with E-state index in [4.69, 9.17) is 0 Å². The summed E-state index contributed by atoms with van der Waals surface area (Å²) in [4.78, 5) is 20.1. The van der Waals surface area contributed by atoms with Gasteiger partial charge in [0.05, 0.1) is 0 Å². The van der Waals surface area contributed by atoms with Crippen LogP contribution in [0.15, 0.2) is 0 Å². The molecular formula is C5H7O3. The monoisotopic (exact) mass is 115 g/mol. The van der Waals surface area contributed by atoms with E-state index in [1.165, 1.54) is 6.92 Å². The van der Waals surface area contributed by atoms with Gasteiger partial charge in [-0.2, -0.15) is 0 Å². The highest BCUT2D eigenvalue weighted by atomic mass is 16.6. The van der Waals surface area contributed by atoms with E-state index in [1.54, 1.807) is 0 Å². The summed E-state index contributed by atoms with van der Waals surface area (Å²) in [6.45, 7) is 4.39. The van der Waals surface area contributed by atoms with Crippen molar-refractivity contribution < 1.29 is 14.3 Å². The molecule has 3 nitrogen and oxygen atoms in total. The van der Waals surface area contributed by atoms with Crippen molar-refractivity contribution in [3.8, 4) is 0 Å². The minimum absolute atomic E-state index is 0.000417. The van der Waals surface area contributed by atoms with E-state index in [9.17, 15) is 9.59 Å². The Labute approximate surface area is 47.6 Å². The Morgan fingerprint density at radius 3 is 2.25 bits per heavy atom. The van der Waals surface area contributed by atoms with Crippen molar-refractivity contribution in [1.82, 2.24) is 0 Å². The predicted molar refractivity (Wildman–Crippen MR) is 26.7 cm³/mol. The van der Waals surface area contributed by atoms with Gasteiger partial charge in [0, 0.05) is 13.3 Å². The Balaban J connectivity index is 3.40. The van der Waals surface area contributed by atoms with Crippen LogP contribution in [0.25, 0.3) is 0 Å². The molecule has 0 aliphatic heterocycles. The van der Waals surface area contributed by atoms with Gasteiger partial charge >= 0.3 is 11.9 Å². The second-order valence-electron chi connectivity index (χ2n) is 1.22. The summed E-state index contributed by atoms with van der Waals surface area (Å²) in [5, 5.41) is 0. The molecule has 0 aromatic rings. The van der Waals surface area contributed by atoms with Crippen LogP contribution >= 0.6 is 0 Å². The third kappa shape index (κ3) is 3.33. The Morgan fingerprint density at radius 1 is 1.62 bits per heavy atom. The molecular weight excluding hydrogens is 108 g/mol. The molecule has 0 aromatic carbocycles. The summed E-state index contributed by atoms with van der Waals surface area (Å²) in [5.74, 6) is -1.17. The van der Waals surface area contributed by atoms with Crippen molar-refractivity contribution in [3.05, 3.63) is 6.92 Å².